The van der Waals surface area contributed by atoms with Crippen molar-refractivity contribution in [2.75, 3.05) is 13.1 Å². The van der Waals surface area contributed by atoms with Gasteiger partial charge in [0, 0.05) is 13.1 Å². The molecule has 1 aromatic heterocycles. The van der Waals surface area contributed by atoms with Crippen LogP contribution in [0.4, 0.5) is 26.3 Å². The van der Waals surface area contributed by atoms with Crippen molar-refractivity contribution in [3.63, 3.8) is 0 Å². The van der Waals surface area contributed by atoms with Crippen molar-refractivity contribution in [2.45, 2.75) is 50.5 Å². The number of rotatable bonds is 7. The van der Waals surface area contributed by atoms with Crippen LogP contribution in [-0.2, 0) is 23.7 Å². The molecule has 3 aromatic rings. The van der Waals surface area contributed by atoms with Crippen molar-refractivity contribution in [2.24, 2.45) is 11.3 Å². The average molecular weight is 541 g/mol. The highest BCUT2D eigenvalue weighted by atomic mass is 19.4. The van der Waals surface area contributed by atoms with Crippen LogP contribution in [0.15, 0.2) is 45.6 Å². The number of hydrogen-bond acceptors (Lipinski definition) is 4. The molecule has 12 heteroatoms. The number of aromatic nitrogens is 1. The largest absolute Gasteiger partial charge is 0.417 e. The molecule has 2 aliphatic rings. The third-order valence-electron chi connectivity index (χ3n) is 7.52. The molecule has 2 fully saturated rings. The van der Waals surface area contributed by atoms with E-state index in [1.807, 2.05) is 0 Å². The number of aromatic amines is 1. The van der Waals surface area contributed by atoms with Crippen molar-refractivity contribution in [3.8, 4) is 0 Å². The standard InChI is InChI=1S/C26H25F6N3O3/c27-25(28,29)17-7-15(8-18(11-17)26(30,31)32)12-34-22(36)24(5-6-33-13-24)19(9-14-1-2-14)16-3-4-21-20(10-16)35-23(37)38-21/h3-4,7-8,10-11,14,19,33H,1-2,5-6,9,12-13H2,(H,34,36)(H,35,37). The number of fused-ring (bicyclic) bond motifs is 1. The zero-order valence-corrected chi connectivity index (χ0v) is 20.1. The predicted molar refractivity (Wildman–Crippen MR) is 125 cm³/mol. The molecule has 5 rings (SSSR count). The number of carbonyl (C=O) groups excluding carboxylic acids is 1. The van der Waals surface area contributed by atoms with E-state index in [4.69, 9.17) is 4.42 Å². The maximum absolute atomic E-state index is 13.7. The molecule has 38 heavy (non-hydrogen) atoms. The molecule has 0 radical (unpaired) electrons. The van der Waals surface area contributed by atoms with Gasteiger partial charge >= 0.3 is 18.1 Å². The van der Waals surface area contributed by atoms with E-state index >= 15 is 0 Å². The molecule has 2 heterocycles. The summed E-state index contributed by atoms with van der Waals surface area (Å²) in [6.45, 7) is 0.339. The van der Waals surface area contributed by atoms with E-state index in [0.29, 0.717) is 55.1 Å². The van der Waals surface area contributed by atoms with Gasteiger partial charge in [-0.25, -0.2) is 4.79 Å². The van der Waals surface area contributed by atoms with Gasteiger partial charge in [0.1, 0.15) is 0 Å². The lowest BCUT2D eigenvalue weighted by atomic mass is 9.68. The highest BCUT2D eigenvalue weighted by Crippen LogP contribution is 2.50. The van der Waals surface area contributed by atoms with Gasteiger partial charge in [-0.15, -0.1) is 0 Å². The highest BCUT2D eigenvalue weighted by molar-refractivity contribution is 5.85. The summed E-state index contributed by atoms with van der Waals surface area (Å²) in [7, 11) is 0. The topological polar surface area (TPSA) is 87.1 Å². The van der Waals surface area contributed by atoms with Gasteiger partial charge in [0.05, 0.1) is 22.1 Å². The van der Waals surface area contributed by atoms with Crippen LogP contribution in [0.25, 0.3) is 11.1 Å². The monoisotopic (exact) mass is 541 g/mol. The lowest BCUT2D eigenvalue weighted by Crippen LogP contribution is -2.46. The minimum absolute atomic E-state index is 0.0652. The third-order valence-corrected chi connectivity index (χ3v) is 7.52. The number of oxazole rings is 1. The number of nitrogens with one attached hydrogen (secondary N) is 3. The van der Waals surface area contributed by atoms with Gasteiger partial charge in [-0.1, -0.05) is 18.9 Å². The van der Waals surface area contributed by atoms with Crippen LogP contribution in [0.2, 0.25) is 0 Å². The van der Waals surface area contributed by atoms with E-state index in [-0.39, 0.29) is 17.5 Å². The lowest BCUT2D eigenvalue weighted by molar-refractivity contribution is -0.143. The fraction of sp³-hybridized carbons (Fsp3) is 0.462. The second-order valence-electron chi connectivity index (χ2n) is 10.2. The second kappa shape index (κ2) is 9.48. The van der Waals surface area contributed by atoms with E-state index in [0.717, 1.165) is 18.4 Å². The molecule has 6 nitrogen and oxygen atoms in total. The molecule has 1 amide bonds. The fourth-order valence-electron chi connectivity index (χ4n) is 5.39. The number of H-pyrrole nitrogens is 1. The summed E-state index contributed by atoms with van der Waals surface area (Å²) in [6, 6.07) is 6.53. The first-order chi connectivity index (χ1) is 17.8. The molecule has 1 aliphatic heterocycles. The molecular weight excluding hydrogens is 516 g/mol. The molecular formula is C26H25F6N3O3. The van der Waals surface area contributed by atoms with Crippen molar-refractivity contribution in [3.05, 3.63) is 69.2 Å². The van der Waals surface area contributed by atoms with Crippen LogP contribution in [-0.4, -0.2) is 24.0 Å². The Kier molecular flexibility index (Phi) is 6.57. The van der Waals surface area contributed by atoms with Crippen LogP contribution in [0.1, 0.15) is 53.9 Å². The number of halogens is 6. The number of carbonyl (C=O) groups is 1. The van der Waals surface area contributed by atoms with Gasteiger partial charge in [0.2, 0.25) is 5.91 Å². The summed E-state index contributed by atoms with van der Waals surface area (Å²) in [5, 5.41) is 5.84. The zero-order valence-electron chi connectivity index (χ0n) is 20.1. The molecule has 204 valence electrons. The zero-order chi connectivity index (χ0) is 27.3. The van der Waals surface area contributed by atoms with E-state index < -0.39 is 47.1 Å². The second-order valence-corrected chi connectivity index (χ2v) is 10.2. The SMILES string of the molecule is O=C(NCc1cc(C(F)(F)F)cc(C(F)(F)F)c1)C1(C(CC2CC2)c2ccc3oc(=O)[nH]c3c2)CCNC1. The quantitative estimate of drug-likeness (QED) is 0.353. The van der Waals surface area contributed by atoms with E-state index in [9.17, 15) is 35.9 Å². The highest BCUT2D eigenvalue weighted by Gasteiger charge is 2.49. The number of amides is 1. The molecule has 1 saturated heterocycles. The van der Waals surface area contributed by atoms with Crippen molar-refractivity contribution in [1.29, 1.82) is 0 Å². The van der Waals surface area contributed by atoms with Crippen LogP contribution in [0.5, 0.6) is 0 Å². The summed E-state index contributed by atoms with van der Waals surface area (Å²) in [4.78, 5) is 28.0. The summed E-state index contributed by atoms with van der Waals surface area (Å²) in [5.74, 6) is -0.938. The van der Waals surface area contributed by atoms with Crippen LogP contribution < -0.4 is 16.4 Å². The molecule has 0 bridgehead atoms. The molecule has 0 spiro atoms. The molecule has 1 aliphatic carbocycles. The van der Waals surface area contributed by atoms with Gasteiger partial charge < -0.3 is 15.1 Å². The summed E-state index contributed by atoms with van der Waals surface area (Å²) >= 11 is 0. The lowest BCUT2D eigenvalue weighted by Gasteiger charge is -2.36. The Balaban J connectivity index is 1.45. The first-order valence-corrected chi connectivity index (χ1v) is 12.3. The Hall–Kier alpha value is -3.28. The van der Waals surface area contributed by atoms with Crippen LogP contribution >= 0.6 is 0 Å². The summed E-state index contributed by atoms with van der Waals surface area (Å²) < 4.78 is 84.8. The van der Waals surface area contributed by atoms with Crippen molar-refractivity contribution < 1.29 is 35.6 Å². The van der Waals surface area contributed by atoms with E-state index in [1.54, 1.807) is 18.2 Å². The Labute approximate surface area is 212 Å². The number of alkyl halides is 6. The first kappa shape index (κ1) is 26.3. The fourth-order valence-corrected chi connectivity index (χ4v) is 5.39. The third kappa shape index (κ3) is 5.31. The van der Waals surface area contributed by atoms with Crippen molar-refractivity contribution >= 4 is 17.0 Å². The number of benzene rings is 2. The Morgan fingerprint density at radius 2 is 1.74 bits per heavy atom. The van der Waals surface area contributed by atoms with Crippen LogP contribution in [0.3, 0.4) is 0 Å². The maximum Gasteiger partial charge on any atom is 0.417 e. The predicted octanol–water partition coefficient (Wildman–Crippen LogP) is 5.34. The molecule has 2 aromatic carbocycles. The minimum Gasteiger partial charge on any atom is -0.408 e. The Morgan fingerprint density at radius 3 is 2.32 bits per heavy atom. The Bertz CT molecular complexity index is 1370. The van der Waals surface area contributed by atoms with Gasteiger partial charge in [0.15, 0.2) is 5.58 Å². The first-order valence-electron chi connectivity index (χ1n) is 12.3. The molecule has 3 N–H and O–H groups in total. The molecule has 1 saturated carbocycles. The van der Waals surface area contributed by atoms with Gasteiger partial charge in [-0.3, -0.25) is 9.78 Å². The maximum atomic E-state index is 13.7. The average Bonchev–Trinajstić information content (AvgIpc) is 3.38. The van der Waals surface area contributed by atoms with Crippen molar-refractivity contribution in [1.82, 2.24) is 15.6 Å². The Morgan fingerprint density at radius 1 is 1.05 bits per heavy atom. The number of hydrogen-bond donors (Lipinski definition) is 3. The van der Waals surface area contributed by atoms with Gasteiger partial charge in [0.25, 0.3) is 0 Å². The molecule has 2 unspecified atom stereocenters. The summed E-state index contributed by atoms with van der Waals surface area (Å²) in [6.07, 6.45) is -6.80. The minimum atomic E-state index is -4.97. The normalized spacial score (nSPS) is 21.1. The van der Waals surface area contributed by atoms with Crippen LogP contribution in [0, 0.1) is 11.3 Å². The van der Waals surface area contributed by atoms with E-state index in [1.165, 1.54) is 0 Å². The van der Waals surface area contributed by atoms with Gasteiger partial charge in [-0.2, -0.15) is 26.3 Å². The van der Waals surface area contributed by atoms with E-state index in [2.05, 4.69) is 15.6 Å². The summed E-state index contributed by atoms with van der Waals surface area (Å²) in [5.41, 5.74) is -2.47. The smallest absolute Gasteiger partial charge is 0.408 e. The van der Waals surface area contributed by atoms with Gasteiger partial charge in [-0.05, 0) is 72.7 Å². The molecule has 2 atom stereocenters.